The van der Waals surface area contributed by atoms with Crippen LogP contribution in [0.4, 0.5) is 0 Å². The number of aryl methyl sites for hydroxylation is 1. The summed E-state index contributed by atoms with van der Waals surface area (Å²) < 4.78 is 10.9. The second-order valence-electron chi connectivity index (χ2n) is 9.78. The van der Waals surface area contributed by atoms with Gasteiger partial charge in [0.2, 0.25) is 5.91 Å². The fourth-order valence-electron chi connectivity index (χ4n) is 4.62. The summed E-state index contributed by atoms with van der Waals surface area (Å²) in [5, 5.41) is 7.18. The number of aromatic nitrogens is 1. The van der Waals surface area contributed by atoms with Crippen LogP contribution in [-0.4, -0.2) is 30.2 Å². The van der Waals surface area contributed by atoms with Crippen molar-refractivity contribution in [1.82, 2.24) is 10.5 Å². The van der Waals surface area contributed by atoms with Crippen molar-refractivity contribution in [2.75, 3.05) is 13.2 Å². The van der Waals surface area contributed by atoms with Gasteiger partial charge in [0.25, 0.3) is 0 Å². The number of benzene rings is 2. The van der Waals surface area contributed by atoms with Gasteiger partial charge in [-0.25, -0.2) is 0 Å². The molecule has 0 bridgehead atoms. The Bertz CT molecular complexity index is 1200. The van der Waals surface area contributed by atoms with E-state index in [4.69, 9.17) is 9.26 Å². The molecule has 1 N–H and O–H groups in total. The Kier molecular flexibility index (Phi) is 6.46. The minimum atomic E-state index is -0.451. The molecule has 3 aromatic rings. The highest BCUT2D eigenvalue weighted by molar-refractivity contribution is 5.87. The molecule has 0 atom stereocenters. The molecule has 1 aromatic heterocycles. The summed E-state index contributed by atoms with van der Waals surface area (Å²) >= 11 is 0. The van der Waals surface area contributed by atoms with Crippen molar-refractivity contribution in [2.24, 2.45) is 5.92 Å². The topological polar surface area (TPSA) is 81.4 Å². The summed E-state index contributed by atoms with van der Waals surface area (Å²) in [6.07, 6.45) is 5.18. The first kappa shape index (κ1) is 23.3. The van der Waals surface area contributed by atoms with Gasteiger partial charge in [-0.1, -0.05) is 53.7 Å². The largest absolute Gasteiger partial charge is 0.465 e. The van der Waals surface area contributed by atoms with Gasteiger partial charge in [-0.05, 0) is 68.6 Å². The maximum absolute atomic E-state index is 12.4. The van der Waals surface area contributed by atoms with Gasteiger partial charge < -0.3 is 14.6 Å². The lowest BCUT2D eigenvalue weighted by Gasteiger charge is -2.14. The molecule has 2 aliphatic carbocycles. The number of esters is 1. The fourth-order valence-corrected chi connectivity index (χ4v) is 4.62. The number of carbonyl (C=O) groups is 2. The van der Waals surface area contributed by atoms with Crippen LogP contribution in [0.3, 0.4) is 0 Å². The molecule has 0 radical (unpaired) electrons. The van der Waals surface area contributed by atoms with Crippen molar-refractivity contribution in [3.05, 3.63) is 65.4 Å². The van der Waals surface area contributed by atoms with Gasteiger partial charge in [-0.3, -0.25) is 9.59 Å². The lowest BCUT2D eigenvalue weighted by atomic mass is 9.93. The SMILES string of the molecule is CCOC(=O)C1(c2ccc(-c3ccc(-c4onc(C)c4CCC(=O)NCC4CC4)cc3)cc2)CC1. The van der Waals surface area contributed by atoms with E-state index in [1.807, 2.05) is 38.1 Å². The summed E-state index contributed by atoms with van der Waals surface area (Å²) in [5.41, 5.74) is 5.49. The number of hydrogen-bond acceptors (Lipinski definition) is 5. The number of ether oxygens (including phenoxy) is 1. The van der Waals surface area contributed by atoms with Crippen LogP contribution < -0.4 is 5.32 Å². The van der Waals surface area contributed by atoms with E-state index in [1.165, 1.54) is 12.8 Å². The Labute approximate surface area is 206 Å². The van der Waals surface area contributed by atoms with Crippen LogP contribution in [0.1, 0.15) is 55.8 Å². The first-order valence-electron chi connectivity index (χ1n) is 12.6. The van der Waals surface area contributed by atoms with Gasteiger partial charge in [-0.2, -0.15) is 0 Å². The molecule has 182 valence electrons. The summed E-state index contributed by atoms with van der Waals surface area (Å²) in [4.78, 5) is 24.6. The first-order chi connectivity index (χ1) is 17.0. The third kappa shape index (κ3) is 5.02. The molecule has 2 aromatic carbocycles. The smallest absolute Gasteiger partial charge is 0.316 e. The maximum Gasteiger partial charge on any atom is 0.316 e. The van der Waals surface area contributed by atoms with Crippen LogP contribution in [0, 0.1) is 12.8 Å². The lowest BCUT2D eigenvalue weighted by molar-refractivity contribution is -0.146. The number of hydrogen-bond donors (Lipinski definition) is 1. The zero-order valence-electron chi connectivity index (χ0n) is 20.4. The van der Waals surface area contributed by atoms with Crippen LogP contribution in [0.15, 0.2) is 53.1 Å². The number of amides is 1. The van der Waals surface area contributed by atoms with Crippen molar-refractivity contribution in [2.45, 2.75) is 57.8 Å². The van der Waals surface area contributed by atoms with Gasteiger partial charge in [-0.15, -0.1) is 0 Å². The molecule has 35 heavy (non-hydrogen) atoms. The van der Waals surface area contributed by atoms with Gasteiger partial charge in [0.15, 0.2) is 5.76 Å². The third-order valence-corrected chi connectivity index (χ3v) is 7.21. The Balaban J connectivity index is 1.26. The summed E-state index contributed by atoms with van der Waals surface area (Å²) in [6.45, 7) is 4.96. The molecule has 1 heterocycles. The fraction of sp³-hybridized carbons (Fsp3) is 0.414. The van der Waals surface area contributed by atoms with Crippen molar-refractivity contribution in [3.8, 4) is 22.5 Å². The molecular weight excluding hydrogens is 440 g/mol. The third-order valence-electron chi connectivity index (χ3n) is 7.21. The monoisotopic (exact) mass is 472 g/mol. The van der Waals surface area contributed by atoms with Crippen LogP contribution >= 0.6 is 0 Å². The Morgan fingerprint density at radius 1 is 1.03 bits per heavy atom. The van der Waals surface area contributed by atoms with E-state index >= 15 is 0 Å². The van der Waals surface area contributed by atoms with E-state index in [-0.39, 0.29) is 11.9 Å². The normalized spacial score (nSPS) is 16.1. The van der Waals surface area contributed by atoms with Crippen molar-refractivity contribution >= 4 is 11.9 Å². The molecule has 2 fully saturated rings. The molecule has 5 rings (SSSR count). The molecule has 0 unspecified atom stereocenters. The standard InChI is InChI=1S/C29H32N2O4/c1-3-34-28(33)29(16-17-29)24-12-10-22(11-13-24)21-6-8-23(9-7-21)27-25(19(2)31-35-27)14-15-26(32)30-18-20-4-5-20/h6-13,20H,3-5,14-18H2,1-2H3,(H,30,32). The number of nitrogens with zero attached hydrogens (tertiary/aromatic N) is 1. The molecule has 1 amide bonds. The zero-order chi connectivity index (χ0) is 24.4. The molecule has 0 aliphatic heterocycles. The van der Waals surface area contributed by atoms with Gasteiger partial charge >= 0.3 is 5.97 Å². The first-order valence-corrected chi connectivity index (χ1v) is 12.6. The van der Waals surface area contributed by atoms with E-state index in [0.29, 0.717) is 25.4 Å². The average Bonchev–Trinajstić information content (AvgIpc) is 3.80. The minimum absolute atomic E-state index is 0.0816. The van der Waals surface area contributed by atoms with Crippen LogP contribution in [0.25, 0.3) is 22.5 Å². The number of rotatable bonds is 10. The lowest BCUT2D eigenvalue weighted by Crippen LogP contribution is -2.25. The van der Waals surface area contributed by atoms with E-state index in [2.05, 4.69) is 34.7 Å². The highest BCUT2D eigenvalue weighted by Gasteiger charge is 2.52. The van der Waals surface area contributed by atoms with Crippen LogP contribution in [0.2, 0.25) is 0 Å². The molecule has 0 spiro atoms. The molecule has 2 aliphatic rings. The van der Waals surface area contributed by atoms with Gasteiger partial charge in [0, 0.05) is 24.1 Å². The van der Waals surface area contributed by atoms with E-state index in [1.54, 1.807) is 0 Å². The summed E-state index contributed by atoms with van der Waals surface area (Å²) in [7, 11) is 0. The Morgan fingerprint density at radius 3 is 2.26 bits per heavy atom. The highest BCUT2D eigenvalue weighted by Crippen LogP contribution is 2.49. The van der Waals surface area contributed by atoms with Crippen LogP contribution in [-0.2, 0) is 26.2 Å². The van der Waals surface area contributed by atoms with Gasteiger partial charge in [0.05, 0.1) is 17.7 Å². The molecule has 6 heteroatoms. The quantitative estimate of drug-likeness (QED) is 0.401. The molecule has 2 saturated carbocycles. The second kappa shape index (κ2) is 9.68. The second-order valence-corrected chi connectivity index (χ2v) is 9.78. The molecular formula is C29H32N2O4. The minimum Gasteiger partial charge on any atom is -0.465 e. The zero-order valence-corrected chi connectivity index (χ0v) is 20.4. The van der Waals surface area contributed by atoms with E-state index < -0.39 is 5.41 Å². The Morgan fingerprint density at radius 2 is 1.66 bits per heavy atom. The molecule has 0 saturated heterocycles. The maximum atomic E-state index is 12.4. The summed E-state index contributed by atoms with van der Waals surface area (Å²) in [5.74, 6) is 1.37. The molecule has 6 nitrogen and oxygen atoms in total. The van der Waals surface area contributed by atoms with Crippen molar-refractivity contribution in [1.29, 1.82) is 0 Å². The van der Waals surface area contributed by atoms with Crippen molar-refractivity contribution < 1.29 is 18.8 Å². The van der Waals surface area contributed by atoms with E-state index in [0.717, 1.165) is 58.7 Å². The predicted octanol–water partition coefficient (Wildman–Crippen LogP) is 5.37. The average molecular weight is 473 g/mol. The number of nitrogens with one attached hydrogen (secondary N) is 1. The number of carbonyl (C=O) groups excluding carboxylic acids is 2. The highest BCUT2D eigenvalue weighted by atomic mass is 16.5. The van der Waals surface area contributed by atoms with Gasteiger partial charge in [0.1, 0.15) is 0 Å². The predicted molar refractivity (Wildman–Crippen MR) is 134 cm³/mol. The Hall–Kier alpha value is -3.41. The summed E-state index contributed by atoms with van der Waals surface area (Å²) in [6, 6.07) is 16.4. The van der Waals surface area contributed by atoms with Crippen molar-refractivity contribution in [3.63, 3.8) is 0 Å². The van der Waals surface area contributed by atoms with E-state index in [9.17, 15) is 9.59 Å². The van der Waals surface area contributed by atoms with Crippen LogP contribution in [0.5, 0.6) is 0 Å².